The molecular formula is C18H23NO3. The third-order valence-corrected chi connectivity index (χ3v) is 3.11. The highest BCUT2D eigenvalue weighted by Crippen LogP contribution is 2.15. The molecule has 0 saturated heterocycles. The van der Waals surface area contributed by atoms with Gasteiger partial charge in [0.05, 0.1) is 0 Å². The van der Waals surface area contributed by atoms with Gasteiger partial charge in [-0.1, -0.05) is 50.4 Å². The van der Waals surface area contributed by atoms with Crippen LogP contribution < -0.4 is 10.1 Å². The number of ether oxygens (including phenoxy) is 1. The van der Waals surface area contributed by atoms with Crippen LogP contribution in [-0.2, 0) is 11.2 Å². The van der Waals surface area contributed by atoms with Crippen molar-refractivity contribution in [1.82, 2.24) is 5.32 Å². The number of nitrogens with one attached hydrogen (secondary N) is 1. The summed E-state index contributed by atoms with van der Waals surface area (Å²) in [4.78, 5) is 11.1. The lowest BCUT2D eigenvalue weighted by molar-refractivity contribution is -0.139. The molecule has 22 heavy (non-hydrogen) atoms. The third-order valence-electron chi connectivity index (χ3n) is 3.11. The molecule has 2 N–H and O–H groups in total. The molecule has 1 atom stereocenters. The van der Waals surface area contributed by atoms with Crippen molar-refractivity contribution >= 4 is 5.97 Å². The molecule has 0 fully saturated rings. The maximum absolute atomic E-state index is 11.1. The van der Waals surface area contributed by atoms with Gasteiger partial charge in [0.25, 0.3) is 0 Å². The van der Waals surface area contributed by atoms with Gasteiger partial charge in [-0.3, -0.25) is 4.79 Å². The molecule has 0 amide bonds. The normalized spacial score (nSPS) is 12.5. The van der Waals surface area contributed by atoms with Crippen molar-refractivity contribution in [2.75, 3.05) is 13.2 Å². The Hall–Kier alpha value is -2.33. The maximum Gasteiger partial charge on any atom is 0.321 e. The molecule has 1 rings (SSSR count). The molecular weight excluding hydrogens is 278 g/mol. The third kappa shape index (κ3) is 5.97. The second-order valence-corrected chi connectivity index (χ2v) is 4.77. The van der Waals surface area contributed by atoms with E-state index in [-0.39, 0.29) is 0 Å². The summed E-state index contributed by atoms with van der Waals surface area (Å²) in [5.41, 5.74) is 1.89. The monoisotopic (exact) mass is 301 g/mol. The van der Waals surface area contributed by atoms with E-state index >= 15 is 0 Å². The van der Waals surface area contributed by atoms with Crippen LogP contribution in [-0.4, -0.2) is 30.3 Å². The summed E-state index contributed by atoms with van der Waals surface area (Å²) in [6.45, 7) is 10.3. The number of rotatable bonds is 10. The zero-order valence-corrected chi connectivity index (χ0v) is 12.9. The first-order valence-corrected chi connectivity index (χ1v) is 7.22. The van der Waals surface area contributed by atoms with Gasteiger partial charge in [0, 0.05) is 0 Å². The molecule has 0 saturated carbocycles. The van der Waals surface area contributed by atoms with Gasteiger partial charge in [-0.2, -0.15) is 0 Å². The van der Waals surface area contributed by atoms with Crippen LogP contribution in [0.3, 0.4) is 0 Å². The van der Waals surface area contributed by atoms with Crippen molar-refractivity contribution in [2.45, 2.75) is 19.4 Å². The Balaban J connectivity index is 2.62. The van der Waals surface area contributed by atoms with Gasteiger partial charge in [0.15, 0.2) is 0 Å². The zero-order valence-electron chi connectivity index (χ0n) is 12.9. The van der Waals surface area contributed by atoms with Crippen molar-refractivity contribution in [3.63, 3.8) is 0 Å². The Morgan fingerprint density at radius 2 is 2.05 bits per heavy atom. The smallest absolute Gasteiger partial charge is 0.321 e. The molecule has 0 bridgehead atoms. The first kappa shape index (κ1) is 17.7. The fraction of sp³-hybridized carbons (Fsp3) is 0.278. The topological polar surface area (TPSA) is 58.6 Å². The summed E-state index contributed by atoms with van der Waals surface area (Å²) in [6.07, 6.45) is 5.70. The number of hydrogen-bond donors (Lipinski definition) is 2. The minimum absolute atomic E-state index is 0.421. The summed E-state index contributed by atoms with van der Waals surface area (Å²) in [5, 5.41) is 12.1. The fourth-order valence-corrected chi connectivity index (χ4v) is 1.94. The van der Waals surface area contributed by atoms with Crippen molar-refractivity contribution in [3.8, 4) is 5.75 Å². The number of aliphatic carboxylic acids is 1. The highest BCUT2D eigenvalue weighted by Gasteiger charge is 2.16. The number of hydrogen-bond acceptors (Lipinski definition) is 3. The SMILES string of the molecule is C=C/C=C(\C=C)COc1ccc(CC(NCC)C(=O)O)cc1. The largest absolute Gasteiger partial charge is 0.489 e. The Labute approximate surface area is 131 Å². The van der Waals surface area contributed by atoms with Crippen molar-refractivity contribution < 1.29 is 14.6 Å². The number of carbonyl (C=O) groups is 1. The van der Waals surface area contributed by atoms with E-state index in [1.54, 1.807) is 12.2 Å². The van der Waals surface area contributed by atoms with E-state index in [4.69, 9.17) is 9.84 Å². The molecule has 0 aliphatic carbocycles. The molecule has 0 aromatic heterocycles. The Bertz CT molecular complexity index is 532. The molecule has 1 aromatic carbocycles. The van der Waals surface area contributed by atoms with Gasteiger partial charge in [0.1, 0.15) is 18.4 Å². The standard InChI is InChI=1S/C18H23NO3/c1-4-7-14(5-2)13-22-16-10-8-15(9-11-16)12-17(18(20)21)19-6-3/h4-5,7-11,17,19H,1-2,6,12-13H2,3H3,(H,20,21)/b14-7+. The van der Waals surface area contributed by atoms with E-state index in [9.17, 15) is 4.79 Å². The van der Waals surface area contributed by atoms with Crippen LogP contribution in [0.15, 0.2) is 61.2 Å². The molecule has 0 heterocycles. The fourth-order valence-electron chi connectivity index (χ4n) is 1.94. The van der Waals surface area contributed by atoms with Crippen molar-refractivity contribution in [2.24, 2.45) is 0 Å². The van der Waals surface area contributed by atoms with Crippen LogP contribution in [0.4, 0.5) is 0 Å². The van der Waals surface area contributed by atoms with Gasteiger partial charge in [0.2, 0.25) is 0 Å². The zero-order chi connectivity index (χ0) is 16.4. The number of carboxylic acid groups (broad SMARTS) is 1. The molecule has 0 radical (unpaired) electrons. The van der Waals surface area contributed by atoms with Crippen LogP contribution >= 0.6 is 0 Å². The Kier molecular flexibility index (Phi) is 7.72. The van der Waals surface area contributed by atoms with Crippen LogP contribution in [0, 0.1) is 0 Å². The van der Waals surface area contributed by atoms with E-state index in [1.165, 1.54) is 0 Å². The predicted molar refractivity (Wildman–Crippen MR) is 89.2 cm³/mol. The number of allylic oxidation sites excluding steroid dienone is 2. The maximum atomic E-state index is 11.1. The van der Waals surface area contributed by atoms with E-state index in [0.717, 1.165) is 16.9 Å². The van der Waals surface area contributed by atoms with E-state index in [1.807, 2.05) is 37.3 Å². The summed E-state index contributed by atoms with van der Waals surface area (Å²) in [7, 11) is 0. The summed E-state index contributed by atoms with van der Waals surface area (Å²) in [5.74, 6) is -0.108. The number of carboxylic acids is 1. The molecule has 0 aliphatic heterocycles. The lowest BCUT2D eigenvalue weighted by Gasteiger charge is -2.13. The Morgan fingerprint density at radius 3 is 2.55 bits per heavy atom. The second-order valence-electron chi connectivity index (χ2n) is 4.77. The average Bonchev–Trinajstić information content (AvgIpc) is 2.52. The first-order valence-electron chi connectivity index (χ1n) is 7.22. The van der Waals surface area contributed by atoms with Crippen LogP contribution in [0.25, 0.3) is 0 Å². The van der Waals surface area contributed by atoms with Gasteiger partial charge in [-0.05, 0) is 36.2 Å². The van der Waals surface area contributed by atoms with Gasteiger partial charge in [-0.15, -0.1) is 0 Å². The quantitative estimate of drug-likeness (QED) is 0.652. The van der Waals surface area contributed by atoms with E-state index in [0.29, 0.717) is 19.6 Å². The van der Waals surface area contributed by atoms with Crippen LogP contribution in [0.5, 0.6) is 5.75 Å². The summed E-state index contributed by atoms with van der Waals surface area (Å²) < 4.78 is 5.65. The lowest BCUT2D eigenvalue weighted by atomic mass is 10.1. The minimum atomic E-state index is -0.840. The van der Waals surface area contributed by atoms with Gasteiger partial charge in [-0.25, -0.2) is 0 Å². The number of benzene rings is 1. The average molecular weight is 301 g/mol. The number of likely N-dealkylation sites (N-methyl/N-ethyl adjacent to an activating group) is 1. The predicted octanol–water partition coefficient (Wildman–Crippen LogP) is 2.97. The molecule has 4 nitrogen and oxygen atoms in total. The summed E-state index contributed by atoms with van der Waals surface area (Å²) >= 11 is 0. The van der Waals surface area contributed by atoms with Crippen LogP contribution in [0.1, 0.15) is 12.5 Å². The highest BCUT2D eigenvalue weighted by atomic mass is 16.5. The van der Waals surface area contributed by atoms with E-state index < -0.39 is 12.0 Å². The lowest BCUT2D eigenvalue weighted by Crippen LogP contribution is -2.38. The second kappa shape index (κ2) is 9.58. The highest BCUT2D eigenvalue weighted by molar-refractivity contribution is 5.73. The van der Waals surface area contributed by atoms with E-state index in [2.05, 4.69) is 18.5 Å². The molecule has 118 valence electrons. The molecule has 1 unspecified atom stereocenters. The molecule has 0 aliphatic rings. The molecule has 1 aromatic rings. The molecule has 4 heteroatoms. The van der Waals surface area contributed by atoms with Crippen molar-refractivity contribution in [3.05, 3.63) is 66.8 Å². The van der Waals surface area contributed by atoms with Gasteiger partial charge < -0.3 is 15.2 Å². The van der Waals surface area contributed by atoms with Crippen molar-refractivity contribution in [1.29, 1.82) is 0 Å². The van der Waals surface area contributed by atoms with Crippen LogP contribution in [0.2, 0.25) is 0 Å². The molecule has 0 spiro atoms. The summed E-state index contributed by atoms with van der Waals surface area (Å²) in [6, 6.07) is 6.88. The Morgan fingerprint density at radius 1 is 1.36 bits per heavy atom. The first-order chi connectivity index (χ1) is 10.6. The van der Waals surface area contributed by atoms with Gasteiger partial charge >= 0.3 is 5.97 Å². The minimum Gasteiger partial charge on any atom is -0.489 e.